The first-order valence-electron chi connectivity index (χ1n) is 13.2. The molecule has 0 spiro atoms. The molecule has 0 aliphatic heterocycles. The monoisotopic (exact) mass is 585 g/mol. The minimum Gasteiger partial charge on any atom is -0.493 e. The van der Waals surface area contributed by atoms with Crippen molar-refractivity contribution in [2.45, 2.75) is 44.7 Å². The Bertz CT molecular complexity index is 1460. The number of rotatable bonds is 13. The Morgan fingerprint density at radius 2 is 1.63 bits per heavy atom. The van der Waals surface area contributed by atoms with E-state index in [1.54, 1.807) is 18.2 Å². The van der Waals surface area contributed by atoms with Gasteiger partial charge in [-0.3, -0.25) is 13.9 Å². The van der Waals surface area contributed by atoms with E-state index >= 15 is 0 Å². The summed E-state index contributed by atoms with van der Waals surface area (Å²) in [5, 5.41) is 2.75. The first kappa shape index (κ1) is 31.4. The molecule has 0 fully saturated rings. The Morgan fingerprint density at radius 1 is 0.976 bits per heavy atom. The molecule has 3 aromatic rings. The molecule has 9 nitrogen and oxygen atoms in total. The van der Waals surface area contributed by atoms with Gasteiger partial charge in [-0.2, -0.15) is 0 Å². The van der Waals surface area contributed by atoms with Gasteiger partial charge in [0.15, 0.2) is 11.5 Å². The number of carbonyl (C=O) groups excluding carboxylic acids is 2. The van der Waals surface area contributed by atoms with Gasteiger partial charge >= 0.3 is 0 Å². The number of hydrogen-bond acceptors (Lipinski definition) is 6. The minimum atomic E-state index is -4.27. The number of anilines is 1. The van der Waals surface area contributed by atoms with Gasteiger partial charge in [-0.1, -0.05) is 42.8 Å². The molecular formula is C30H36FN3O6S. The largest absolute Gasteiger partial charge is 0.493 e. The highest BCUT2D eigenvalue weighted by atomic mass is 32.2. The third-order valence-electron chi connectivity index (χ3n) is 6.56. The minimum absolute atomic E-state index is 0.0277. The molecule has 11 heteroatoms. The van der Waals surface area contributed by atoms with Crippen LogP contribution in [0.2, 0.25) is 0 Å². The van der Waals surface area contributed by atoms with Crippen LogP contribution in [0.4, 0.5) is 10.1 Å². The van der Waals surface area contributed by atoms with Crippen LogP contribution in [0.15, 0.2) is 71.6 Å². The molecule has 2 amide bonds. The summed E-state index contributed by atoms with van der Waals surface area (Å²) in [7, 11) is -1.40. The van der Waals surface area contributed by atoms with Crippen molar-refractivity contribution in [2.75, 3.05) is 31.6 Å². The summed E-state index contributed by atoms with van der Waals surface area (Å²) in [6.45, 7) is 4.74. The second-order valence-corrected chi connectivity index (χ2v) is 11.3. The molecule has 0 bridgehead atoms. The number of amides is 2. The SMILES string of the molecule is CCCNC(=O)[C@H](C)N(Cc1ccccc1F)C(=O)CN(c1ccc(OC)c(OC)c1)S(=O)(=O)c1ccc(C)cc1. The lowest BCUT2D eigenvalue weighted by Crippen LogP contribution is -2.51. The number of nitrogens with one attached hydrogen (secondary N) is 1. The van der Waals surface area contributed by atoms with Gasteiger partial charge in [0.2, 0.25) is 11.8 Å². The van der Waals surface area contributed by atoms with E-state index in [1.165, 1.54) is 74.6 Å². The Balaban J connectivity index is 2.09. The molecule has 0 aromatic heterocycles. The fraction of sp³-hybridized carbons (Fsp3) is 0.333. The summed E-state index contributed by atoms with van der Waals surface area (Å²) in [5.74, 6) is -1.04. The van der Waals surface area contributed by atoms with E-state index in [1.807, 2.05) is 13.8 Å². The molecule has 0 aliphatic rings. The highest BCUT2D eigenvalue weighted by Crippen LogP contribution is 2.34. The number of hydrogen-bond donors (Lipinski definition) is 1. The van der Waals surface area contributed by atoms with E-state index in [9.17, 15) is 22.4 Å². The molecule has 0 saturated heterocycles. The maximum atomic E-state index is 14.6. The van der Waals surface area contributed by atoms with Crippen molar-refractivity contribution >= 4 is 27.5 Å². The lowest BCUT2D eigenvalue weighted by atomic mass is 10.1. The maximum absolute atomic E-state index is 14.6. The van der Waals surface area contributed by atoms with Crippen LogP contribution in [-0.4, -0.2) is 58.5 Å². The van der Waals surface area contributed by atoms with Crippen LogP contribution in [-0.2, 0) is 26.2 Å². The second kappa shape index (κ2) is 14.0. The fourth-order valence-electron chi connectivity index (χ4n) is 4.13. The van der Waals surface area contributed by atoms with Gasteiger partial charge in [-0.15, -0.1) is 0 Å². The second-order valence-electron chi connectivity index (χ2n) is 9.44. The number of carbonyl (C=O) groups is 2. The summed E-state index contributed by atoms with van der Waals surface area (Å²) in [6, 6.07) is 15.6. The van der Waals surface area contributed by atoms with E-state index in [-0.39, 0.29) is 28.4 Å². The third-order valence-corrected chi connectivity index (χ3v) is 8.35. The van der Waals surface area contributed by atoms with E-state index < -0.39 is 40.2 Å². The van der Waals surface area contributed by atoms with Crippen LogP contribution >= 0.6 is 0 Å². The van der Waals surface area contributed by atoms with Crippen LogP contribution in [0.3, 0.4) is 0 Å². The Morgan fingerprint density at radius 3 is 2.24 bits per heavy atom. The lowest BCUT2D eigenvalue weighted by Gasteiger charge is -2.32. The van der Waals surface area contributed by atoms with Gasteiger partial charge in [0, 0.05) is 24.7 Å². The van der Waals surface area contributed by atoms with Gasteiger partial charge in [-0.05, 0) is 50.6 Å². The zero-order valence-electron chi connectivity index (χ0n) is 23.9. The van der Waals surface area contributed by atoms with Crippen molar-refractivity contribution < 1.29 is 31.9 Å². The molecule has 0 saturated carbocycles. The van der Waals surface area contributed by atoms with Crippen LogP contribution in [0.1, 0.15) is 31.4 Å². The first-order chi connectivity index (χ1) is 19.5. The van der Waals surface area contributed by atoms with Gasteiger partial charge in [0.05, 0.1) is 24.8 Å². The van der Waals surface area contributed by atoms with Crippen molar-refractivity contribution in [1.29, 1.82) is 0 Å². The summed E-state index contributed by atoms with van der Waals surface area (Å²) in [4.78, 5) is 28.0. The summed E-state index contributed by atoms with van der Waals surface area (Å²) in [5.41, 5.74) is 1.20. The highest BCUT2D eigenvalue weighted by Gasteiger charge is 2.33. The molecule has 1 atom stereocenters. The van der Waals surface area contributed by atoms with Crippen LogP contribution < -0.4 is 19.1 Å². The predicted molar refractivity (Wildman–Crippen MR) is 155 cm³/mol. The molecule has 1 N–H and O–H groups in total. The summed E-state index contributed by atoms with van der Waals surface area (Å²) < 4.78 is 54.2. The number of sulfonamides is 1. The number of benzene rings is 3. The van der Waals surface area contributed by atoms with Crippen molar-refractivity contribution in [3.8, 4) is 11.5 Å². The predicted octanol–water partition coefficient (Wildman–Crippen LogP) is 4.29. The van der Waals surface area contributed by atoms with Crippen molar-refractivity contribution in [3.05, 3.63) is 83.7 Å². The quantitative estimate of drug-likeness (QED) is 0.321. The molecule has 0 aliphatic carbocycles. The first-order valence-corrected chi connectivity index (χ1v) is 14.6. The maximum Gasteiger partial charge on any atom is 0.264 e. The van der Waals surface area contributed by atoms with Gasteiger partial charge in [0.1, 0.15) is 18.4 Å². The zero-order chi connectivity index (χ0) is 30.2. The normalized spacial score (nSPS) is 11.9. The van der Waals surface area contributed by atoms with Crippen LogP contribution in [0, 0.1) is 12.7 Å². The Labute approximate surface area is 240 Å². The average molecular weight is 586 g/mol. The van der Waals surface area contributed by atoms with Crippen LogP contribution in [0.5, 0.6) is 11.5 Å². The fourth-order valence-corrected chi connectivity index (χ4v) is 5.54. The number of methoxy groups -OCH3 is 2. The third kappa shape index (κ3) is 7.55. The van der Waals surface area contributed by atoms with Crippen molar-refractivity contribution in [1.82, 2.24) is 10.2 Å². The molecule has 3 rings (SSSR count). The number of ether oxygens (including phenoxy) is 2. The van der Waals surface area contributed by atoms with Crippen LogP contribution in [0.25, 0.3) is 0 Å². The van der Waals surface area contributed by atoms with Gasteiger partial charge in [-0.25, -0.2) is 12.8 Å². The number of nitrogens with zero attached hydrogens (tertiary/aromatic N) is 2. The molecule has 0 unspecified atom stereocenters. The zero-order valence-corrected chi connectivity index (χ0v) is 24.7. The van der Waals surface area contributed by atoms with Crippen molar-refractivity contribution in [2.24, 2.45) is 0 Å². The average Bonchev–Trinajstić information content (AvgIpc) is 2.97. The lowest BCUT2D eigenvalue weighted by molar-refractivity contribution is -0.139. The Hall–Kier alpha value is -4.12. The molecule has 3 aromatic carbocycles. The van der Waals surface area contributed by atoms with Crippen molar-refractivity contribution in [3.63, 3.8) is 0 Å². The molecule has 220 valence electrons. The number of aryl methyl sites for hydroxylation is 1. The van der Waals surface area contributed by atoms with E-state index in [2.05, 4.69) is 5.32 Å². The molecule has 0 heterocycles. The number of halogens is 1. The molecule has 41 heavy (non-hydrogen) atoms. The topological polar surface area (TPSA) is 105 Å². The van der Waals surface area contributed by atoms with E-state index in [0.717, 1.165) is 9.87 Å². The summed E-state index contributed by atoms with van der Waals surface area (Å²) >= 11 is 0. The molecular weight excluding hydrogens is 549 g/mol. The highest BCUT2D eigenvalue weighted by molar-refractivity contribution is 7.92. The Kier molecular flexibility index (Phi) is 10.7. The summed E-state index contributed by atoms with van der Waals surface area (Å²) in [6.07, 6.45) is 0.682. The smallest absolute Gasteiger partial charge is 0.264 e. The van der Waals surface area contributed by atoms with Gasteiger partial charge in [0.25, 0.3) is 10.0 Å². The van der Waals surface area contributed by atoms with E-state index in [0.29, 0.717) is 18.7 Å². The standard InChI is InChI=1S/C30H36FN3O6S/c1-6-17-32-30(36)22(3)33(19-23-9-7-8-10-26(23)31)29(35)20-34(24-13-16-27(39-4)28(18-24)40-5)41(37,38)25-14-11-21(2)12-15-25/h7-16,18,22H,6,17,19-20H2,1-5H3,(H,32,36)/t22-/m0/s1. The molecule has 0 radical (unpaired) electrons. The van der Waals surface area contributed by atoms with Gasteiger partial charge < -0.3 is 19.7 Å². The van der Waals surface area contributed by atoms with E-state index in [4.69, 9.17) is 9.47 Å².